The molecule has 0 saturated carbocycles. The van der Waals surface area contributed by atoms with Crippen LogP contribution in [0.25, 0.3) is 26.8 Å². The number of rotatable bonds is 3. The number of benzene rings is 2. The summed E-state index contributed by atoms with van der Waals surface area (Å²) >= 11 is 7.50. The second kappa shape index (κ2) is 7.59. The standard InChI is InChI=1S/C21H17ClN4O2S/c22-17-7-5-14(6-8-17)18-13-23-21-26(18)24-19(29-21)15-1-3-16(4-2-15)20(27)25-9-11-28-12-10-25/h1-8,13H,9-12H2. The van der Waals surface area contributed by atoms with Crippen LogP contribution >= 0.6 is 22.9 Å². The van der Waals surface area contributed by atoms with Gasteiger partial charge in [-0.2, -0.15) is 5.10 Å². The van der Waals surface area contributed by atoms with Crippen LogP contribution in [0.2, 0.25) is 5.02 Å². The summed E-state index contributed by atoms with van der Waals surface area (Å²) < 4.78 is 7.16. The Balaban J connectivity index is 1.42. The molecule has 1 fully saturated rings. The molecule has 2 aromatic carbocycles. The molecule has 5 rings (SSSR count). The van der Waals surface area contributed by atoms with Gasteiger partial charge in [-0.25, -0.2) is 9.50 Å². The van der Waals surface area contributed by atoms with E-state index in [9.17, 15) is 4.79 Å². The Hall–Kier alpha value is -2.74. The maximum Gasteiger partial charge on any atom is 0.254 e. The summed E-state index contributed by atoms with van der Waals surface area (Å²) in [5, 5.41) is 6.28. The predicted molar refractivity (Wildman–Crippen MR) is 113 cm³/mol. The van der Waals surface area contributed by atoms with E-state index >= 15 is 0 Å². The summed E-state index contributed by atoms with van der Waals surface area (Å²) in [5.74, 6) is 0.0406. The minimum absolute atomic E-state index is 0.0406. The number of fused-ring (bicyclic) bond motifs is 1. The maximum atomic E-state index is 12.6. The molecule has 6 nitrogen and oxygen atoms in total. The fourth-order valence-electron chi connectivity index (χ4n) is 3.33. The van der Waals surface area contributed by atoms with Crippen molar-refractivity contribution >= 4 is 33.8 Å². The van der Waals surface area contributed by atoms with Crippen LogP contribution in [0.1, 0.15) is 10.4 Å². The number of imidazole rings is 1. The number of hydrogen-bond acceptors (Lipinski definition) is 5. The van der Waals surface area contributed by atoms with Crippen molar-refractivity contribution in [1.82, 2.24) is 19.5 Å². The highest BCUT2D eigenvalue weighted by Gasteiger charge is 2.19. The lowest BCUT2D eigenvalue weighted by Crippen LogP contribution is -2.40. The first-order chi connectivity index (χ1) is 14.2. The first kappa shape index (κ1) is 18.3. The second-order valence-electron chi connectivity index (χ2n) is 6.73. The lowest BCUT2D eigenvalue weighted by molar-refractivity contribution is 0.0303. The van der Waals surface area contributed by atoms with Gasteiger partial charge in [0.1, 0.15) is 5.01 Å². The van der Waals surface area contributed by atoms with Crippen molar-refractivity contribution in [3.8, 4) is 21.8 Å². The van der Waals surface area contributed by atoms with Crippen molar-refractivity contribution < 1.29 is 9.53 Å². The van der Waals surface area contributed by atoms with Crippen LogP contribution in [0.4, 0.5) is 0 Å². The number of amides is 1. The van der Waals surface area contributed by atoms with E-state index in [0.717, 1.165) is 26.8 Å². The van der Waals surface area contributed by atoms with E-state index in [1.54, 1.807) is 0 Å². The van der Waals surface area contributed by atoms with E-state index in [4.69, 9.17) is 21.4 Å². The molecule has 0 atom stereocenters. The quantitative estimate of drug-likeness (QED) is 0.493. The van der Waals surface area contributed by atoms with Gasteiger partial charge in [-0.05, 0) is 24.3 Å². The number of morpholine rings is 1. The highest BCUT2D eigenvalue weighted by molar-refractivity contribution is 7.19. The third kappa shape index (κ3) is 3.53. The van der Waals surface area contributed by atoms with Gasteiger partial charge in [0.15, 0.2) is 0 Å². The molecule has 0 N–H and O–H groups in total. The van der Waals surface area contributed by atoms with Gasteiger partial charge in [-0.1, -0.05) is 47.2 Å². The second-order valence-corrected chi connectivity index (χ2v) is 8.13. The Morgan fingerprint density at radius 1 is 1.00 bits per heavy atom. The van der Waals surface area contributed by atoms with Crippen molar-refractivity contribution in [2.24, 2.45) is 0 Å². The molecule has 2 aromatic heterocycles. The summed E-state index contributed by atoms with van der Waals surface area (Å²) in [6.45, 7) is 2.47. The molecule has 146 valence electrons. The largest absolute Gasteiger partial charge is 0.378 e. The summed E-state index contributed by atoms with van der Waals surface area (Å²) in [5.41, 5.74) is 3.56. The SMILES string of the molecule is O=C(c1ccc(-c2nn3c(-c4ccc(Cl)cc4)cnc3s2)cc1)N1CCOCC1. The van der Waals surface area contributed by atoms with E-state index in [0.29, 0.717) is 36.9 Å². The van der Waals surface area contributed by atoms with Crippen LogP contribution in [0.15, 0.2) is 54.7 Å². The van der Waals surface area contributed by atoms with E-state index < -0.39 is 0 Å². The number of halogens is 1. The molecule has 1 aliphatic heterocycles. The average molecular weight is 425 g/mol. The normalized spacial score (nSPS) is 14.4. The summed E-state index contributed by atoms with van der Waals surface area (Å²) in [7, 11) is 0. The molecule has 1 aliphatic rings. The summed E-state index contributed by atoms with van der Waals surface area (Å²) in [6, 6.07) is 15.2. The number of carbonyl (C=O) groups is 1. The average Bonchev–Trinajstić information content (AvgIpc) is 3.36. The molecule has 3 heterocycles. The van der Waals surface area contributed by atoms with Crippen LogP contribution < -0.4 is 0 Å². The monoisotopic (exact) mass is 424 g/mol. The van der Waals surface area contributed by atoms with Crippen LogP contribution in [-0.4, -0.2) is 51.7 Å². The molecule has 8 heteroatoms. The Kier molecular flexibility index (Phi) is 4.79. The van der Waals surface area contributed by atoms with Crippen molar-refractivity contribution in [3.05, 3.63) is 65.3 Å². The zero-order chi connectivity index (χ0) is 19.8. The highest BCUT2D eigenvalue weighted by atomic mass is 35.5. The van der Waals surface area contributed by atoms with Gasteiger partial charge in [0.25, 0.3) is 5.91 Å². The third-order valence-electron chi connectivity index (χ3n) is 4.90. The number of aromatic nitrogens is 3. The van der Waals surface area contributed by atoms with Gasteiger partial charge in [-0.3, -0.25) is 4.79 Å². The van der Waals surface area contributed by atoms with E-state index in [-0.39, 0.29) is 5.91 Å². The fourth-order valence-corrected chi connectivity index (χ4v) is 4.34. The van der Waals surface area contributed by atoms with Crippen LogP contribution in [0.5, 0.6) is 0 Å². The van der Waals surface area contributed by atoms with Crippen molar-refractivity contribution in [1.29, 1.82) is 0 Å². The smallest absolute Gasteiger partial charge is 0.254 e. The fraction of sp³-hybridized carbons (Fsp3) is 0.190. The van der Waals surface area contributed by atoms with Crippen molar-refractivity contribution in [2.45, 2.75) is 0 Å². The van der Waals surface area contributed by atoms with Crippen LogP contribution in [-0.2, 0) is 4.74 Å². The number of hydrogen-bond donors (Lipinski definition) is 0. The third-order valence-corrected chi connectivity index (χ3v) is 6.13. The van der Waals surface area contributed by atoms with Crippen molar-refractivity contribution in [3.63, 3.8) is 0 Å². The number of carbonyl (C=O) groups excluding carboxylic acids is 1. The van der Waals surface area contributed by atoms with Gasteiger partial charge in [0.2, 0.25) is 4.96 Å². The van der Waals surface area contributed by atoms with E-state index in [1.165, 1.54) is 11.3 Å². The Bertz CT molecular complexity index is 1160. The molecule has 4 aromatic rings. The topological polar surface area (TPSA) is 59.7 Å². The number of nitrogens with zero attached hydrogens (tertiary/aromatic N) is 4. The first-order valence-corrected chi connectivity index (χ1v) is 10.5. The molecule has 1 amide bonds. The molecule has 0 radical (unpaired) electrons. The Morgan fingerprint density at radius 3 is 2.41 bits per heavy atom. The van der Waals surface area contributed by atoms with Gasteiger partial charge < -0.3 is 9.64 Å². The lowest BCUT2D eigenvalue weighted by Gasteiger charge is -2.26. The summed E-state index contributed by atoms with van der Waals surface area (Å²) in [6.07, 6.45) is 1.82. The van der Waals surface area contributed by atoms with Crippen molar-refractivity contribution in [2.75, 3.05) is 26.3 Å². The maximum absolute atomic E-state index is 12.6. The van der Waals surface area contributed by atoms with Gasteiger partial charge in [0, 0.05) is 34.8 Å². The highest BCUT2D eigenvalue weighted by Crippen LogP contribution is 2.30. The Morgan fingerprint density at radius 2 is 1.69 bits per heavy atom. The minimum atomic E-state index is 0.0406. The summed E-state index contributed by atoms with van der Waals surface area (Å²) in [4.78, 5) is 19.7. The minimum Gasteiger partial charge on any atom is -0.378 e. The molecule has 0 spiro atoms. The molecule has 29 heavy (non-hydrogen) atoms. The molecule has 1 saturated heterocycles. The number of ether oxygens (including phenoxy) is 1. The molecule has 0 unspecified atom stereocenters. The molecule has 0 aliphatic carbocycles. The Labute approximate surface area is 176 Å². The van der Waals surface area contributed by atoms with Crippen LogP contribution in [0, 0.1) is 0 Å². The van der Waals surface area contributed by atoms with E-state index in [2.05, 4.69) is 4.98 Å². The van der Waals surface area contributed by atoms with Gasteiger partial charge in [0.05, 0.1) is 25.1 Å². The molecular formula is C21H17ClN4O2S. The van der Waals surface area contributed by atoms with E-state index in [1.807, 2.05) is 64.1 Å². The van der Waals surface area contributed by atoms with Crippen LogP contribution in [0.3, 0.4) is 0 Å². The first-order valence-electron chi connectivity index (χ1n) is 9.27. The lowest BCUT2D eigenvalue weighted by atomic mass is 10.1. The van der Waals surface area contributed by atoms with Gasteiger partial charge in [-0.15, -0.1) is 0 Å². The van der Waals surface area contributed by atoms with Gasteiger partial charge >= 0.3 is 0 Å². The molecule has 0 bridgehead atoms. The molecular weight excluding hydrogens is 408 g/mol. The zero-order valence-electron chi connectivity index (χ0n) is 15.4. The zero-order valence-corrected chi connectivity index (χ0v) is 17.0. The predicted octanol–water partition coefficient (Wildman–Crippen LogP) is 4.25.